The number of carbonyl (C=O) groups is 1. The molecule has 94 valence electrons. The molecule has 0 fully saturated rings. The Morgan fingerprint density at radius 3 is 2.78 bits per heavy atom. The van der Waals surface area contributed by atoms with Crippen molar-refractivity contribution in [1.29, 1.82) is 0 Å². The molecular weight excluding hydrogens is 246 g/mol. The molecule has 1 aromatic heterocycles. The standard InChI is InChI=1S/C14H15NO2S/c1-10(13-7-4-8-18-13)15-9-11-5-2-3-6-12(11)14(16)17/h2-8,10,15H,9H2,1H3,(H,16,17). The van der Waals surface area contributed by atoms with Gasteiger partial charge in [-0.25, -0.2) is 4.79 Å². The highest BCUT2D eigenvalue weighted by molar-refractivity contribution is 7.10. The fourth-order valence-electron chi connectivity index (χ4n) is 1.78. The zero-order chi connectivity index (χ0) is 13.0. The van der Waals surface area contributed by atoms with Gasteiger partial charge in [0, 0.05) is 17.5 Å². The summed E-state index contributed by atoms with van der Waals surface area (Å²) in [6.45, 7) is 2.64. The van der Waals surface area contributed by atoms with E-state index >= 15 is 0 Å². The van der Waals surface area contributed by atoms with Gasteiger partial charge in [0.1, 0.15) is 0 Å². The lowest BCUT2D eigenvalue weighted by molar-refractivity contribution is 0.0695. The third-order valence-corrected chi connectivity index (χ3v) is 3.87. The minimum Gasteiger partial charge on any atom is -0.478 e. The first kappa shape index (κ1) is 12.8. The molecule has 2 N–H and O–H groups in total. The second-order valence-corrected chi connectivity index (χ2v) is 5.06. The third-order valence-electron chi connectivity index (χ3n) is 2.82. The second kappa shape index (κ2) is 5.80. The molecule has 0 aliphatic carbocycles. The van der Waals surface area contributed by atoms with Gasteiger partial charge >= 0.3 is 5.97 Å². The maximum Gasteiger partial charge on any atom is 0.336 e. The molecule has 18 heavy (non-hydrogen) atoms. The maximum absolute atomic E-state index is 11.1. The van der Waals surface area contributed by atoms with Crippen LogP contribution in [-0.4, -0.2) is 11.1 Å². The quantitative estimate of drug-likeness (QED) is 0.868. The molecule has 0 saturated heterocycles. The van der Waals surface area contributed by atoms with E-state index in [4.69, 9.17) is 5.11 Å². The van der Waals surface area contributed by atoms with Crippen LogP contribution in [0.1, 0.15) is 33.8 Å². The Morgan fingerprint density at radius 1 is 1.33 bits per heavy atom. The smallest absolute Gasteiger partial charge is 0.336 e. The van der Waals surface area contributed by atoms with E-state index in [1.807, 2.05) is 23.6 Å². The van der Waals surface area contributed by atoms with Gasteiger partial charge in [-0.05, 0) is 30.0 Å². The molecule has 0 bridgehead atoms. The topological polar surface area (TPSA) is 49.3 Å². The van der Waals surface area contributed by atoms with E-state index in [1.165, 1.54) is 4.88 Å². The van der Waals surface area contributed by atoms with Crippen LogP contribution in [0.2, 0.25) is 0 Å². The second-order valence-electron chi connectivity index (χ2n) is 4.08. The first-order valence-electron chi connectivity index (χ1n) is 5.76. The van der Waals surface area contributed by atoms with E-state index in [0.717, 1.165) is 5.56 Å². The summed E-state index contributed by atoms with van der Waals surface area (Å²) in [6.07, 6.45) is 0. The normalized spacial score (nSPS) is 12.3. The molecule has 1 atom stereocenters. The van der Waals surface area contributed by atoms with Crippen molar-refractivity contribution in [2.24, 2.45) is 0 Å². The van der Waals surface area contributed by atoms with Crippen molar-refractivity contribution in [1.82, 2.24) is 5.32 Å². The Labute approximate surface area is 110 Å². The molecular formula is C14H15NO2S. The number of hydrogen-bond donors (Lipinski definition) is 2. The van der Waals surface area contributed by atoms with Crippen molar-refractivity contribution in [3.63, 3.8) is 0 Å². The fraction of sp³-hybridized carbons (Fsp3) is 0.214. The van der Waals surface area contributed by atoms with Crippen molar-refractivity contribution >= 4 is 17.3 Å². The number of hydrogen-bond acceptors (Lipinski definition) is 3. The van der Waals surface area contributed by atoms with Gasteiger partial charge in [-0.15, -0.1) is 11.3 Å². The van der Waals surface area contributed by atoms with Crippen LogP contribution in [-0.2, 0) is 6.54 Å². The zero-order valence-corrected chi connectivity index (χ0v) is 10.9. The molecule has 1 aromatic carbocycles. The molecule has 0 radical (unpaired) electrons. The van der Waals surface area contributed by atoms with Crippen LogP contribution >= 0.6 is 11.3 Å². The van der Waals surface area contributed by atoms with Gasteiger partial charge in [-0.2, -0.15) is 0 Å². The summed E-state index contributed by atoms with van der Waals surface area (Å²) in [4.78, 5) is 12.3. The van der Waals surface area contributed by atoms with E-state index in [0.29, 0.717) is 12.1 Å². The summed E-state index contributed by atoms with van der Waals surface area (Å²) in [5.41, 5.74) is 1.18. The third kappa shape index (κ3) is 2.97. The van der Waals surface area contributed by atoms with Gasteiger partial charge in [0.2, 0.25) is 0 Å². The molecule has 0 saturated carbocycles. The predicted octanol–water partition coefficient (Wildman–Crippen LogP) is 3.30. The molecule has 1 heterocycles. The Bertz CT molecular complexity index is 522. The van der Waals surface area contributed by atoms with E-state index in [1.54, 1.807) is 23.5 Å². The Morgan fingerprint density at radius 2 is 2.11 bits per heavy atom. The summed E-state index contributed by atoms with van der Waals surface area (Å²) in [5.74, 6) is -0.879. The summed E-state index contributed by atoms with van der Waals surface area (Å²) in [7, 11) is 0. The Hall–Kier alpha value is -1.65. The van der Waals surface area contributed by atoms with E-state index in [-0.39, 0.29) is 6.04 Å². The lowest BCUT2D eigenvalue weighted by Crippen LogP contribution is -2.19. The molecule has 4 heteroatoms. The van der Waals surface area contributed by atoms with Crippen LogP contribution in [0.25, 0.3) is 0 Å². The average Bonchev–Trinajstić information content (AvgIpc) is 2.90. The van der Waals surface area contributed by atoms with Crippen molar-refractivity contribution in [2.75, 3.05) is 0 Å². The Balaban J connectivity index is 2.04. The number of carboxylic acid groups (broad SMARTS) is 1. The number of benzene rings is 1. The van der Waals surface area contributed by atoms with Crippen molar-refractivity contribution < 1.29 is 9.90 Å². The summed E-state index contributed by atoms with van der Waals surface area (Å²) in [6, 6.07) is 11.4. The van der Waals surface area contributed by atoms with Gasteiger partial charge in [-0.3, -0.25) is 0 Å². The number of nitrogens with one attached hydrogen (secondary N) is 1. The van der Waals surface area contributed by atoms with Crippen molar-refractivity contribution in [3.05, 3.63) is 57.8 Å². The summed E-state index contributed by atoms with van der Waals surface area (Å²) in [5, 5.41) is 14.5. The number of aromatic carboxylic acids is 1. The predicted molar refractivity (Wildman–Crippen MR) is 73.0 cm³/mol. The van der Waals surface area contributed by atoms with Crippen LogP contribution in [0, 0.1) is 0 Å². The lowest BCUT2D eigenvalue weighted by Gasteiger charge is -2.13. The highest BCUT2D eigenvalue weighted by atomic mass is 32.1. The first-order chi connectivity index (χ1) is 8.68. The zero-order valence-electron chi connectivity index (χ0n) is 10.1. The minimum atomic E-state index is -0.879. The minimum absolute atomic E-state index is 0.229. The largest absolute Gasteiger partial charge is 0.478 e. The van der Waals surface area contributed by atoms with E-state index in [9.17, 15) is 4.79 Å². The monoisotopic (exact) mass is 261 g/mol. The van der Waals surface area contributed by atoms with Crippen LogP contribution in [0.5, 0.6) is 0 Å². The van der Waals surface area contributed by atoms with Crippen molar-refractivity contribution in [2.45, 2.75) is 19.5 Å². The fourth-order valence-corrected chi connectivity index (χ4v) is 2.54. The van der Waals surface area contributed by atoms with Gasteiger partial charge in [-0.1, -0.05) is 24.3 Å². The number of carboxylic acids is 1. The van der Waals surface area contributed by atoms with E-state index in [2.05, 4.69) is 18.3 Å². The van der Waals surface area contributed by atoms with Crippen LogP contribution in [0.4, 0.5) is 0 Å². The van der Waals surface area contributed by atoms with Gasteiger partial charge in [0.25, 0.3) is 0 Å². The van der Waals surface area contributed by atoms with Crippen LogP contribution in [0.3, 0.4) is 0 Å². The molecule has 3 nitrogen and oxygen atoms in total. The summed E-state index contributed by atoms with van der Waals surface area (Å²) < 4.78 is 0. The van der Waals surface area contributed by atoms with Gasteiger partial charge < -0.3 is 10.4 Å². The van der Waals surface area contributed by atoms with Crippen LogP contribution in [0.15, 0.2) is 41.8 Å². The van der Waals surface area contributed by atoms with E-state index < -0.39 is 5.97 Å². The highest BCUT2D eigenvalue weighted by Gasteiger charge is 2.10. The number of rotatable bonds is 5. The van der Waals surface area contributed by atoms with Crippen LogP contribution < -0.4 is 5.32 Å². The van der Waals surface area contributed by atoms with Gasteiger partial charge in [0.05, 0.1) is 5.56 Å². The molecule has 2 aromatic rings. The molecule has 0 aliphatic rings. The number of thiophene rings is 1. The highest BCUT2D eigenvalue weighted by Crippen LogP contribution is 2.19. The lowest BCUT2D eigenvalue weighted by atomic mass is 10.1. The molecule has 2 rings (SSSR count). The molecule has 0 aliphatic heterocycles. The first-order valence-corrected chi connectivity index (χ1v) is 6.64. The summed E-state index contributed by atoms with van der Waals surface area (Å²) >= 11 is 1.70. The average molecular weight is 261 g/mol. The molecule has 1 unspecified atom stereocenters. The molecule has 0 spiro atoms. The Kier molecular flexibility index (Phi) is 4.12. The maximum atomic E-state index is 11.1. The molecule has 0 amide bonds. The van der Waals surface area contributed by atoms with Crippen molar-refractivity contribution in [3.8, 4) is 0 Å². The SMILES string of the molecule is CC(NCc1ccccc1C(=O)O)c1cccs1. The van der Waals surface area contributed by atoms with Gasteiger partial charge in [0.15, 0.2) is 0 Å².